The number of fused-ring (bicyclic) bond motifs is 2. The number of benzene rings is 1. The number of nitrogens with zero attached hydrogens (tertiary/aromatic N) is 3. The summed E-state index contributed by atoms with van der Waals surface area (Å²) in [6.45, 7) is 0.927. The van der Waals surface area contributed by atoms with Gasteiger partial charge in [0.25, 0.3) is 0 Å². The van der Waals surface area contributed by atoms with Gasteiger partial charge in [-0.25, -0.2) is 4.98 Å². The Morgan fingerprint density at radius 2 is 1.82 bits per heavy atom. The number of aromatic nitrogens is 2. The quantitative estimate of drug-likeness (QED) is 0.746. The molecule has 0 radical (unpaired) electrons. The first-order valence-electron chi connectivity index (χ1n) is 9.63. The molecule has 2 atom stereocenters. The van der Waals surface area contributed by atoms with Gasteiger partial charge in [0.15, 0.2) is 0 Å². The van der Waals surface area contributed by atoms with E-state index in [1.165, 1.54) is 17.6 Å². The molecule has 2 unspecified atom stereocenters. The van der Waals surface area contributed by atoms with Gasteiger partial charge < -0.3 is 14.6 Å². The van der Waals surface area contributed by atoms with Gasteiger partial charge >= 0.3 is 6.01 Å². The second-order valence-corrected chi connectivity index (χ2v) is 8.50. The normalized spacial score (nSPS) is 27.0. The second kappa shape index (κ2) is 7.89. The highest BCUT2D eigenvalue weighted by Gasteiger charge is 2.49. The van der Waals surface area contributed by atoms with Crippen molar-refractivity contribution in [2.75, 3.05) is 20.5 Å². The third kappa shape index (κ3) is 3.58. The number of piperidine rings is 1. The van der Waals surface area contributed by atoms with Crippen LogP contribution in [0.25, 0.3) is 0 Å². The fourth-order valence-electron chi connectivity index (χ4n) is 4.66. The first kappa shape index (κ1) is 19.5. The van der Waals surface area contributed by atoms with Crippen LogP contribution >= 0.6 is 11.8 Å². The maximum Gasteiger partial charge on any atom is 0.319 e. The summed E-state index contributed by atoms with van der Waals surface area (Å²) < 4.78 is 10.5. The monoisotopic (exact) mass is 401 g/mol. The summed E-state index contributed by atoms with van der Waals surface area (Å²) in [6.07, 6.45) is 7.29. The molecule has 7 heteroatoms. The minimum absolute atomic E-state index is 0.248. The van der Waals surface area contributed by atoms with Crippen LogP contribution in [0, 0.1) is 0 Å². The van der Waals surface area contributed by atoms with E-state index in [0.29, 0.717) is 36.4 Å². The second-order valence-electron chi connectivity index (χ2n) is 7.62. The van der Waals surface area contributed by atoms with E-state index < -0.39 is 5.60 Å². The van der Waals surface area contributed by atoms with Crippen molar-refractivity contribution in [1.29, 1.82) is 0 Å². The molecule has 1 N–H and O–H groups in total. The van der Waals surface area contributed by atoms with Crippen molar-refractivity contribution in [3.05, 3.63) is 41.6 Å². The smallest absolute Gasteiger partial charge is 0.319 e. The summed E-state index contributed by atoms with van der Waals surface area (Å²) in [4.78, 5) is 12.3. The highest BCUT2D eigenvalue weighted by molar-refractivity contribution is 7.98. The standard InChI is InChI=1S/C21H27N3O3S/c1-26-19-18(12-22-20(23-19)27-2)21(25)10-15-6-7-16(11-21)24(15)13-14-4-8-17(28-3)9-5-14/h4-5,8-9,12,15-16,25H,6-7,10-11,13H2,1-3H3. The fraction of sp³-hybridized carbons (Fsp3) is 0.524. The molecule has 3 heterocycles. The Balaban J connectivity index is 1.54. The van der Waals surface area contributed by atoms with Gasteiger partial charge in [-0.05, 0) is 49.6 Å². The first-order chi connectivity index (χ1) is 13.6. The lowest BCUT2D eigenvalue weighted by atomic mass is 9.81. The maximum absolute atomic E-state index is 11.5. The predicted molar refractivity (Wildman–Crippen MR) is 109 cm³/mol. The van der Waals surface area contributed by atoms with E-state index in [4.69, 9.17) is 9.47 Å². The molecule has 2 saturated heterocycles. The molecule has 2 aliphatic rings. The summed E-state index contributed by atoms with van der Waals surface area (Å²) >= 11 is 1.76. The summed E-state index contributed by atoms with van der Waals surface area (Å²) in [5, 5.41) is 11.5. The Morgan fingerprint density at radius 3 is 2.39 bits per heavy atom. The van der Waals surface area contributed by atoms with Gasteiger partial charge in [-0.3, -0.25) is 4.90 Å². The van der Waals surface area contributed by atoms with E-state index in [-0.39, 0.29) is 6.01 Å². The van der Waals surface area contributed by atoms with Gasteiger partial charge in [-0.1, -0.05) is 12.1 Å². The Hall–Kier alpha value is -1.83. The largest absolute Gasteiger partial charge is 0.481 e. The van der Waals surface area contributed by atoms with Crippen LogP contribution in [0.4, 0.5) is 0 Å². The molecule has 1 aromatic heterocycles. The molecule has 2 bridgehead atoms. The topological polar surface area (TPSA) is 67.7 Å². The number of thioether (sulfide) groups is 1. The zero-order valence-corrected chi connectivity index (χ0v) is 17.4. The van der Waals surface area contributed by atoms with Crippen LogP contribution in [0.2, 0.25) is 0 Å². The molecule has 2 fully saturated rings. The van der Waals surface area contributed by atoms with Gasteiger partial charge in [0.2, 0.25) is 5.88 Å². The van der Waals surface area contributed by atoms with Gasteiger partial charge in [0.05, 0.1) is 25.4 Å². The predicted octanol–water partition coefficient (Wildman–Crippen LogP) is 3.23. The van der Waals surface area contributed by atoms with Crippen LogP contribution in [-0.2, 0) is 12.1 Å². The van der Waals surface area contributed by atoms with Gasteiger partial charge in [-0.15, -0.1) is 11.8 Å². The molecule has 0 saturated carbocycles. The van der Waals surface area contributed by atoms with E-state index in [0.717, 1.165) is 19.4 Å². The fourth-order valence-corrected chi connectivity index (χ4v) is 5.07. The molecule has 150 valence electrons. The average molecular weight is 402 g/mol. The molecule has 0 aliphatic carbocycles. The zero-order valence-electron chi connectivity index (χ0n) is 16.6. The highest BCUT2D eigenvalue weighted by Crippen LogP contribution is 2.48. The molecule has 2 aromatic rings. The molecular formula is C21H27N3O3S. The maximum atomic E-state index is 11.5. The Morgan fingerprint density at radius 1 is 1.14 bits per heavy atom. The molecule has 28 heavy (non-hydrogen) atoms. The molecular weight excluding hydrogens is 374 g/mol. The summed E-state index contributed by atoms with van der Waals surface area (Å²) in [7, 11) is 3.09. The van der Waals surface area contributed by atoms with Gasteiger partial charge in [0, 0.05) is 29.7 Å². The van der Waals surface area contributed by atoms with Crippen molar-refractivity contribution in [1.82, 2.24) is 14.9 Å². The van der Waals surface area contributed by atoms with E-state index in [1.54, 1.807) is 25.1 Å². The summed E-state index contributed by atoms with van der Waals surface area (Å²) in [5.74, 6) is 0.398. The van der Waals surface area contributed by atoms with E-state index in [9.17, 15) is 5.11 Å². The van der Waals surface area contributed by atoms with Crippen LogP contribution < -0.4 is 9.47 Å². The summed E-state index contributed by atoms with van der Waals surface area (Å²) in [6, 6.07) is 9.73. The van der Waals surface area contributed by atoms with Crippen LogP contribution in [-0.4, -0.2) is 52.5 Å². The van der Waals surface area contributed by atoms with E-state index in [2.05, 4.69) is 45.4 Å². The SMILES string of the molecule is COc1ncc(C2(O)CC3CCC(C2)N3Cc2ccc(SC)cc2)c(OC)n1. The number of hydrogen-bond acceptors (Lipinski definition) is 7. The average Bonchev–Trinajstić information content (AvgIpc) is 2.97. The Bertz CT molecular complexity index is 816. The number of ether oxygens (including phenoxy) is 2. The van der Waals surface area contributed by atoms with Crippen molar-refractivity contribution in [3.63, 3.8) is 0 Å². The minimum Gasteiger partial charge on any atom is -0.481 e. The molecule has 2 aliphatic heterocycles. The number of rotatable bonds is 6. The van der Waals surface area contributed by atoms with Crippen molar-refractivity contribution in [3.8, 4) is 11.9 Å². The molecule has 0 spiro atoms. The lowest BCUT2D eigenvalue weighted by Crippen LogP contribution is -2.49. The minimum atomic E-state index is -0.970. The molecule has 0 amide bonds. The van der Waals surface area contributed by atoms with Crippen molar-refractivity contribution < 1.29 is 14.6 Å². The Kier molecular flexibility index (Phi) is 5.49. The summed E-state index contributed by atoms with van der Waals surface area (Å²) in [5.41, 5.74) is 1.02. The lowest BCUT2D eigenvalue weighted by molar-refractivity contribution is -0.0612. The van der Waals surface area contributed by atoms with Crippen LogP contribution in [0.5, 0.6) is 11.9 Å². The van der Waals surface area contributed by atoms with Crippen LogP contribution in [0.3, 0.4) is 0 Å². The highest BCUT2D eigenvalue weighted by atomic mass is 32.2. The Labute approximate surface area is 170 Å². The molecule has 1 aromatic carbocycles. The van der Waals surface area contributed by atoms with Gasteiger partial charge in [-0.2, -0.15) is 4.98 Å². The molecule has 4 rings (SSSR count). The van der Waals surface area contributed by atoms with Crippen LogP contribution in [0.1, 0.15) is 36.8 Å². The van der Waals surface area contributed by atoms with Gasteiger partial charge in [0.1, 0.15) is 0 Å². The third-order valence-corrected chi connectivity index (χ3v) is 6.79. The van der Waals surface area contributed by atoms with Crippen molar-refractivity contribution >= 4 is 11.8 Å². The number of methoxy groups -OCH3 is 2. The molecule has 6 nitrogen and oxygen atoms in total. The zero-order chi connectivity index (χ0) is 19.7. The number of aliphatic hydroxyl groups is 1. The lowest BCUT2D eigenvalue weighted by Gasteiger charge is -2.44. The van der Waals surface area contributed by atoms with E-state index in [1.807, 2.05) is 0 Å². The van der Waals surface area contributed by atoms with Crippen molar-refractivity contribution in [2.45, 2.75) is 54.8 Å². The van der Waals surface area contributed by atoms with Crippen LogP contribution in [0.15, 0.2) is 35.4 Å². The first-order valence-corrected chi connectivity index (χ1v) is 10.9. The van der Waals surface area contributed by atoms with E-state index >= 15 is 0 Å². The third-order valence-electron chi connectivity index (χ3n) is 6.05. The number of hydrogen-bond donors (Lipinski definition) is 1. The van der Waals surface area contributed by atoms with Crippen molar-refractivity contribution in [2.24, 2.45) is 0 Å².